The number of nitrogens with zero attached hydrogens (tertiary/aromatic N) is 1. The summed E-state index contributed by atoms with van der Waals surface area (Å²) < 4.78 is 1.45. The molecule has 1 atom stereocenters. The molecule has 1 aliphatic carbocycles. The highest BCUT2D eigenvalue weighted by atomic mass is 35.5. The molecule has 0 radical (unpaired) electrons. The number of nitrogens with two attached hydrogens (primary N) is 1. The maximum Gasteiger partial charge on any atom is 0.253 e. The predicted octanol–water partition coefficient (Wildman–Crippen LogP) is 2.26. The highest BCUT2D eigenvalue weighted by Crippen LogP contribution is 2.24. The van der Waals surface area contributed by atoms with Crippen LogP contribution in [0, 0.1) is 0 Å². The number of carbonyl (C=O) groups is 2. The fourth-order valence-corrected chi connectivity index (χ4v) is 3.69. The Hall–Kier alpha value is -2.60. The monoisotopic (exact) mass is 387 g/mol. The molecule has 0 spiro atoms. The Morgan fingerprint density at radius 3 is 2.44 bits per heavy atom. The number of carbonyl (C=O) groups excluding carboxylic acids is 2. The van der Waals surface area contributed by atoms with Gasteiger partial charge in [0.15, 0.2) is 0 Å². The molecule has 2 aromatic rings. The van der Waals surface area contributed by atoms with Crippen molar-refractivity contribution in [2.75, 3.05) is 0 Å². The van der Waals surface area contributed by atoms with Gasteiger partial charge in [-0.3, -0.25) is 14.4 Å². The standard InChI is InChI=1S/C20H22ClN3O3/c1-24-11-16(14-4-2-3-5-15(14)20(24)27)19(26)23-17(10-18(22)25)12-6-8-13(21)9-7-12/h6-9,11,17H,2-5,10H2,1H3,(H2,22,25)(H,23,26)/t17-/m1/s1. The van der Waals surface area contributed by atoms with Gasteiger partial charge in [0.25, 0.3) is 11.5 Å². The Kier molecular flexibility index (Phi) is 5.65. The van der Waals surface area contributed by atoms with Gasteiger partial charge in [-0.1, -0.05) is 23.7 Å². The SMILES string of the molecule is Cn1cc(C(=O)N[C@H](CC(N)=O)c2ccc(Cl)cc2)c2c(c1=O)CCCC2. The van der Waals surface area contributed by atoms with Crippen molar-refractivity contribution in [2.45, 2.75) is 38.1 Å². The second-order valence-corrected chi connectivity index (χ2v) is 7.31. The summed E-state index contributed by atoms with van der Waals surface area (Å²) in [5.41, 5.74) is 8.07. The van der Waals surface area contributed by atoms with Crippen LogP contribution in [-0.2, 0) is 24.7 Å². The summed E-state index contributed by atoms with van der Waals surface area (Å²) in [7, 11) is 1.65. The van der Waals surface area contributed by atoms with Crippen LogP contribution in [0.1, 0.15) is 52.4 Å². The van der Waals surface area contributed by atoms with Crippen LogP contribution in [0.2, 0.25) is 5.02 Å². The number of nitrogens with one attached hydrogen (secondary N) is 1. The summed E-state index contributed by atoms with van der Waals surface area (Å²) in [6.45, 7) is 0. The first kappa shape index (κ1) is 19.2. The van der Waals surface area contributed by atoms with Crippen LogP contribution in [-0.4, -0.2) is 16.4 Å². The lowest BCUT2D eigenvalue weighted by molar-refractivity contribution is -0.118. The third-order valence-electron chi connectivity index (χ3n) is 4.92. The fourth-order valence-electron chi connectivity index (χ4n) is 3.56. The minimum absolute atomic E-state index is 0.0265. The third kappa shape index (κ3) is 4.22. The van der Waals surface area contributed by atoms with Crippen molar-refractivity contribution in [3.05, 3.63) is 68.1 Å². The largest absolute Gasteiger partial charge is 0.370 e. The molecule has 1 heterocycles. The van der Waals surface area contributed by atoms with Crippen LogP contribution in [0.25, 0.3) is 0 Å². The van der Waals surface area contributed by atoms with E-state index in [4.69, 9.17) is 17.3 Å². The summed E-state index contributed by atoms with van der Waals surface area (Å²) in [6.07, 6.45) is 4.83. The van der Waals surface area contributed by atoms with E-state index in [-0.39, 0.29) is 17.9 Å². The molecule has 0 fully saturated rings. The zero-order valence-corrected chi connectivity index (χ0v) is 15.9. The van der Waals surface area contributed by atoms with E-state index in [1.807, 2.05) is 0 Å². The highest BCUT2D eigenvalue weighted by Gasteiger charge is 2.24. The molecule has 0 saturated heterocycles. The summed E-state index contributed by atoms with van der Waals surface area (Å²) in [5.74, 6) is -0.831. The molecule has 6 nitrogen and oxygen atoms in total. The Labute approximate surface area is 162 Å². The van der Waals surface area contributed by atoms with Crippen LogP contribution in [0.3, 0.4) is 0 Å². The number of pyridine rings is 1. The molecular formula is C20H22ClN3O3. The number of aryl methyl sites for hydroxylation is 1. The Balaban J connectivity index is 1.94. The van der Waals surface area contributed by atoms with Gasteiger partial charge in [0, 0.05) is 23.8 Å². The molecule has 142 valence electrons. The van der Waals surface area contributed by atoms with E-state index in [0.717, 1.165) is 24.0 Å². The average Bonchev–Trinajstić information content (AvgIpc) is 2.64. The minimum atomic E-state index is -0.566. The van der Waals surface area contributed by atoms with Crippen LogP contribution in [0.4, 0.5) is 0 Å². The highest BCUT2D eigenvalue weighted by molar-refractivity contribution is 6.30. The summed E-state index contributed by atoms with van der Waals surface area (Å²) in [6, 6.07) is 6.35. The molecule has 3 rings (SSSR count). The molecule has 27 heavy (non-hydrogen) atoms. The van der Waals surface area contributed by atoms with Crippen molar-refractivity contribution in [2.24, 2.45) is 12.8 Å². The molecule has 2 amide bonds. The van der Waals surface area contributed by atoms with Crippen molar-refractivity contribution >= 4 is 23.4 Å². The number of amides is 2. The molecule has 0 bridgehead atoms. The van der Waals surface area contributed by atoms with Gasteiger partial charge in [0.05, 0.1) is 18.0 Å². The topological polar surface area (TPSA) is 94.2 Å². The van der Waals surface area contributed by atoms with E-state index < -0.39 is 11.9 Å². The van der Waals surface area contributed by atoms with Gasteiger partial charge in [-0.25, -0.2) is 0 Å². The third-order valence-corrected chi connectivity index (χ3v) is 5.17. The molecule has 0 saturated carbocycles. The van der Waals surface area contributed by atoms with Crippen LogP contribution in [0.5, 0.6) is 0 Å². The lowest BCUT2D eigenvalue weighted by Gasteiger charge is -2.22. The zero-order valence-electron chi connectivity index (χ0n) is 15.1. The quantitative estimate of drug-likeness (QED) is 0.823. The van der Waals surface area contributed by atoms with E-state index in [1.165, 1.54) is 4.57 Å². The second-order valence-electron chi connectivity index (χ2n) is 6.87. The van der Waals surface area contributed by atoms with Gasteiger partial charge in [-0.05, 0) is 48.9 Å². The van der Waals surface area contributed by atoms with Crippen LogP contribution < -0.4 is 16.6 Å². The first-order valence-electron chi connectivity index (χ1n) is 8.93. The van der Waals surface area contributed by atoms with Crippen LogP contribution >= 0.6 is 11.6 Å². The minimum Gasteiger partial charge on any atom is -0.370 e. The molecule has 1 aliphatic rings. The Bertz CT molecular complexity index is 935. The maximum absolute atomic E-state index is 13.0. The fraction of sp³-hybridized carbons (Fsp3) is 0.350. The van der Waals surface area contributed by atoms with Crippen LogP contribution in [0.15, 0.2) is 35.3 Å². The number of primary amides is 1. The first-order chi connectivity index (χ1) is 12.9. The van der Waals surface area contributed by atoms with Crippen molar-refractivity contribution < 1.29 is 9.59 Å². The van der Waals surface area contributed by atoms with Crippen molar-refractivity contribution in [1.82, 2.24) is 9.88 Å². The van der Waals surface area contributed by atoms with E-state index in [2.05, 4.69) is 5.32 Å². The maximum atomic E-state index is 13.0. The molecule has 3 N–H and O–H groups in total. The van der Waals surface area contributed by atoms with Gasteiger partial charge in [0.1, 0.15) is 0 Å². The van der Waals surface area contributed by atoms with Gasteiger partial charge in [0.2, 0.25) is 5.91 Å². The van der Waals surface area contributed by atoms with Crippen molar-refractivity contribution in [1.29, 1.82) is 0 Å². The lowest BCUT2D eigenvalue weighted by atomic mass is 9.89. The van der Waals surface area contributed by atoms with Crippen molar-refractivity contribution in [3.63, 3.8) is 0 Å². The molecular weight excluding hydrogens is 366 g/mol. The number of benzene rings is 1. The number of halogens is 1. The molecule has 7 heteroatoms. The average molecular weight is 388 g/mol. The number of aromatic nitrogens is 1. The number of hydrogen-bond acceptors (Lipinski definition) is 3. The van der Waals surface area contributed by atoms with Gasteiger partial charge in [-0.2, -0.15) is 0 Å². The molecule has 0 aliphatic heterocycles. The van der Waals surface area contributed by atoms with Gasteiger partial charge < -0.3 is 15.6 Å². The normalized spacial score (nSPS) is 14.3. The molecule has 0 unspecified atom stereocenters. The first-order valence-corrected chi connectivity index (χ1v) is 9.30. The lowest BCUT2D eigenvalue weighted by Crippen LogP contribution is -2.35. The summed E-state index contributed by atoms with van der Waals surface area (Å²) in [5, 5.41) is 3.46. The van der Waals surface area contributed by atoms with Gasteiger partial charge in [-0.15, -0.1) is 0 Å². The second kappa shape index (κ2) is 7.96. The van der Waals surface area contributed by atoms with Crippen molar-refractivity contribution in [3.8, 4) is 0 Å². The summed E-state index contributed by atoms with van der Waals surface area (Å²) in [4.78, 5) is 36.9. The number of hydrogen-bond donors (Lipinski definition) is 2. The Morgan fingerprint density at radius 2 is 1.81 bits per heavy atom. The smallest absolute Gasteiger partial charge is 0.253 e. The summed E-state index contributed by atoms with van der Waals surface area (Å²) >= 11 is 5.92. The molecule has 1 aromatic carbocycles. The molecule has 1 aromatic heterocycles. The van der Waals surface area contributed by atoms with E-state index >= 15 is 0 Å². The number of fused-ring (bicyclic) bond motifs is 1. The van der Waals surface area contributed by atoms with E-state index in [9.17, 15) is 14.4 Å². The Morgan fingerprint density at radius 1 is 1.19 bits per heavy atom. The van der Waals surface area contributed by atoms with Gasteiger partial charge >= 0.3 is 0 Å². The van der Waals surface area contributed by atoms with E-state index in [0.29, 0.717) is 29.0 Å². The number of rotatable bonds is 5. The predicted molar refractivity (Wildman–Crippen MR) is 104 cm³/mol. The van der Waals surface area contributed by atoms with E-state index in [1.54, 1.807) is 37.5 Å². The zero-order chi connectivity index (χ0) is 19.6.